The Labute approximate surface area is 145 Å². The summed E-state index contributed by atoms with van der Waals surface area (Å²) in [7, 11) is 0. The molecule has 6 nitrogen and oxygen atoms in total. The molecule has 4 rings (SSSR count). The SMILES string of the molecule is O=C(c1ccncc1O)N1CCn2nc(Cc3ccccc3)cc2C1. The summed E-state index contributed by atoms with van der Waals surface area (Å²) in [5.74, 6) is -0.270. The summed E-state index contributed by atoms with van der Waals surface area (Å²) in [5, 5.41) is 14.5. The van der Waals surface area contributed by atoms with Crippen LogP contribution in [-0.2, 0) is 19.5 Å². The number of carbonyl (C=O) groups is 1. The molecule has 1 aliphatic heterocycles. The van der Waals surface area contributed by atoms with Crippen molar-refractivity contribution >= 4 is 5.91 Å². The molecule has 0 spiro atoms. The maximum atomic E-state index is 12.6. The number of pyridine rings is 1. The molecule has 0 aliphatic carbocycles. The Hall–Kier alpha value is -3.15. The second-order valence-corrected chi connectivity index (χ2v) is 6.13. The lowest BCUT2D eigenvalue weighted by Crippen LogP contribution is -2.38. The van der Waals surface area contributed by atoms with Gasteiger partial charge in [0, 0.05) is 19.2 Å². The third-order valence-corrected chi connectivity index (χ3v) is 4.39. The number of fused-ring (bicyclic) bond motifs is 1. The van der Waals surface area contributed by atoms with Crippen molar-refractivity contribution in [1.29, 1.82) is 0 Å². The van der Waals surface area contributed by atoms with E-state index in [0.29, 0.717) is 19.6 Å². The van der Waals surface area contributed by atoms with Crippen molar-refractivity contribution in [3.8, 4) is 5.75 Å². The second kappa shape index (κ2) is 6.39. The van der Waals surface area contributed by atoms with Gasteiger partial charge in [-0.1, -0.05) is 30.3 Å². The molecule has 0 saturated carbocycles. The Bertz CT molecular complexity index is 905. The fourth-order valence-corrected chi connectivity index (χ4v) is 3.13. The van der Waals surface area contributed by atoms with Crippen molar-refractivity contribution in [2.75, 3.05) is 6.54 Å². The van der Waals surface area contributed by atoms with Crippen molar-refractivity contribution in [3.05, 3.63) is 77.4 Å². The standard InChI is InChI=1S/C19H18N4O2/c24-18-12-20-7-6-17(18)19(25)22-8-9-23-16(13-22)11-15(21-23)10-14-4-2-1-3-5-14/h1-7,11-12,24H,8-10,13H2. The molecule has 0 fully saturated rings. The largest absolute Gasteiger partial charge is 0.505 e. The third-order valence-electron chi connectivity index (χ3n) is 4.39. The molecule has 0 radical (unpaired) electrons. The van der Waals surface area contributed by atoms with E-state index in [0.717, 1.165) is 17.8 Å². The van der Waals surface area contributed by atoms with Gasteiger partial charge in [0.2, 0.25) is 0 Å². The van der Waals surface area contributed by atoms with E-state index < -0.39 is 0 Å². The Balaban J connectivity index is 1.52. The molecule has 0 bridgehead atoms. The molecule has 0 saturated heterocycles. The van der Waals surface area contributed by atoms with E-state index in [1.54, 1.807) is 11.0 Å². The molecule has 1 amide bonds. The van der Waals surface area contributed by atoms with Gasteiger partial charge >= 0.3 is 0 Å². The lowest BCUT2D eigenvalue weighted by molar-refractivity contribution is 0.0703. The molecule has 3 heterocycles. The van der Waals surface area contributed by atoms with Crippen LogP contribution in [0.15, 0.2) is 54.9 Å². The highest BCUT2D eigenvalue weighted by atomic mass is 16.3. The van der Waals surface area contributed by atoms with Crippen molar-refractivity contribution < 1.29 is 9.90 Å². The molecule has 1 N–H and O–H groups in total. The van der Waals surface area contributed by atoms with E-state index >= 15 is 0 Å². The summed E-state index contributed by atoms with van der Waals surface area (Å²) < 4.78 is 1.97. The summed E-state index contributed by atoms with van der Waals surface area (Å²) in [6.07, 6.45) is 3.58. The van der Waals surface area contributed by atoms with Gasteiger partial charge in [-0.25, -0.2) is 0 Å². The lowest BCUT2D eigenvalue weighted by atomic mass is 10.1. The van der Waals surface area contributed by atoms with Crippen molar-refractivity contribution in [2.24, 2.45) is 0 Å². The molecule has 1 aromatic carbocycles. The smallest absolute Gasteiger partial charge is 0.258 e. The van der Waals surface area contributed by atoms with Gasteiger partial charge < -0.3 is 10.0 Å². The van der Waals surface area contributed by atoms with Crippen molar-refractivity contribution in [3.63, 3.8) is 0 Å². The molecule has 2 aromatic heterocycles. The van der Waals surface area contributed by atoms with Crippen LogP contribution in [-0.4, -0.2) is 37.2 Å². The minimum atomic E-state index is -0.183. The van der Waals surface area contributed by atoms with Crippen LogP contribution in [0.5, 0.6) is 5.75 Å². The Morgan fingerprint density at radius 2 is 2.00 bits per heavy atom. The van der Waals surface area contributed by atoms with Crippen LogP contribution < -0.4 is 0 Å². The molecule has 126 valence electrons. The quantitative estimate of drug-likeness (QED) is 0.797. The van der Waals surface area contributed by atoms with Gasteiger partial charge in [-0.05, 0) is 17.7 Å². The number of nitrogens with zero attached hydrogens (tertiary/aromatic N) is 4. The molecule has 0 atom stereocenters. The van der Waals surface area contributed by atoms with Gasteiger partial charge in [-0.2, -0.15) is 5.10 Å². The molecular formula is C19H18N4O2. The van der Waals surface area contributed by atoms with E-state index in [1.807, 2.05) is 22.9 Å². The van der Waals surface area contributed by atoms with Crippen LogP contribution in [0.25, 0.3) is 0 Å². The monoisotopic (exact) mass is 334 g/mol. The lowest BCUT2D eigenvalue weighted by Gasteiger charge is -2.27. The predicted octanol–water partition coefficient (Wildman–Crippen LogP) is 2.23. The van der Waals surface area contributed by atoms with E-state index in [9.17, 15) is 9.90 Å². The van der Waals surface area contributed by atoms with E-state index in [4.69, 9.17) is 0 Å². The zero-order chi connectivity index (χ0) is 17.2. The van der Waals surface area contributed by atoms with Crippen molar-refractivity contribution in [2.45, 2.75) is 19.5 Å². The summed E-state index contributed by atoms with van der Waals surface area (Å²) in [6.45, 7) is 1.71. The Morgan fingerprint density at radius 3 is 2.80 bits per heavy atom. The number of hydrogen-bond acceptors (Lipinski definition) is 4. The van der Waals surface area contributed by atoms with E-state index in [2.05, 4.69) is 28.3 Å². The van der Waals surface area contributed by atoms with E-state index in [-0.39, 0.29) is 17.2 Å². The average molecular weight is 334 g/mol. The maximum absolute atomic E-state index is 12.6. The molecular weight excluding hydrogens is 316 g/mol. The Morgan fingerprint density at radius 1 is 1.16 bits per heavy atom. The Kier molecular flexibility index (Phi) is 3.93. The number of hydrogen-bond donors (Lipinski definition) is 1. The van der Waals surface area contributed by atoms with Crippen LogP contribution in [0.3, 0.4) is 0 Å². The highest BCUT2D eigenvalue weighted by Crippen LogP contribution is 2.21. The third kappa shape index (κ3) is 3.10. The summed E-state index contributed by atoms with van der Waals surface area (Å²) in [5.41, 5.74) is 3.52. The fraction of sp³-hybridized carbons (Fsp3) is 0.211. The van der Waals surface area contributed by atoms with Crippen LogP contribution in [0.1, 0.15) is 27.3 Å². The average Bonchev–Trinajstić information content (AvgIpc) is 3.03. The number of amides is 1. The van der Waals surface area contributed by atoms with Gasteiger partial charge in [0.15, 0.2) is 0 Å². The zero-order valence-corrected chi connectivity index (χ0v) is 13.7. The topological polar surface area (TPSA) is 71.2 Å². The molecule has 1 aliphatic rings. The predicted molar refractivity (Wildman–Crippen MR) is 92.1 cm³/mol. The minimum absolute atomic E-state index is 0.0867. The van der Waals surface area contributed by atoms with Gasteiger partial charge in [0.25, 0.3) is 5.91 Å². The molecule has 25 heavy (non-hydrogen) atoms. The van der Waals surface area contributed by atoms with Crippen molar-refractivity contribution in [1.82, 2.24) is 19.7 Å². The molecule has 3 aromatic rings. The minimum Gasteiger partial charge on any atom is -0.505 e. The highest BCUT2D eigenvalue weighted by Gasteiger charge is 2.24. The van der Waals surface area contributed by atoms with Crippen LogP contribution >= 0.6 is 0 Å². The first-order valence-electron chi connectivity index (χ1n) is 8.22. The molecule has 6 heteroatoms. The second-order valence-electron chi connectivity index (χ2n) is 6.13. The maximum Gasteiger partial charge on any atom is 0.258 e. The zero-order valence-electron chi connectivity index (χ0n) is 13.7. The van der Waals surface area contributed by atoms with E-state index in [1.165, 1.54) is 18.0 Å². The number of aromatic hydroxyl groups is 1. The van der Waals surface area contributed by atoms with Crippen LogP contribution in [0, 0.1) is 0 Å². The number of rotatable bonds is 3. The first kappa shape index (κ1) is 15.4. The van der Waals surface area contributed by atoms with Crippen LogP contribution in [0.2, 0.25) is 0 Å². The molecule has 0 unspecified atom stereocenters. The van der Waals surface area contributed by atoms with Gasteiger partial charge in [-0.15, -0.1) is 0 Å². The first-order chi connectivity index (χ1) is 12.2. The summed E-state index contributed by atoms with van der Waals surface area (Å²) >= 11 is 0. The summed E-state index contributed by atoms with van der Waals surface area (Å²) in [6, 6.07) is 13.8. The van der Waals surface area contributed by atoms with Crippen LogP contribution in [0.4, 0.5) is 0 Å². The summed E-state index contributed by atoms with van der Waals surface area (Å²) in [4.78, 5) is 18.2. The van der Waals surface area contributed by atoms with Gasteiger partial charge in [0.05, 0.1) is 36.2 Å². The highest BCUT2D eigenvalue weighted by molar-refractivity contribution is 5.96. The van der Waals surface area contributed by atoms with Gasteiger partial charge in [-0.3, -0.25) is 14.5 Å². The normalized spacial score (nSPS) is 13.5. The van der Waals surface area contributed by atoms with Gasteiger partial charge in [0.1, 0.15) is 5.75 Å². The first-order valence-corrected chi connectivity index (χ1v) is 8.22. The number of carbonyl (C=O) groups excluding carboxylic acids is 1. The number of aromatic nitrogens is 3. The fourth-order valence-electron chi connectivity index (χ4n) is 3.13. The number of benzene rings is 1.